The molecule has 0 saturated carbocycles. The van der Waals surface area contributed by atoms with Crippen molar-refractivity contribution in [2.24, 2.45) is 0 Å². The molecule has 0 amide bonds. The molecule has 13 heavy (non-hydrogen) atoms. The van der Waals surface area contributed by atoms with E-state index in [9.17, 15) is 4.57 Å². The SMILES string of the molecule is COP(=O)(Cc1coc(C)n1)OC. The summed E-state index contributed by atoms with van der Waals surface area (Å²) in [6.07, 6.45) is 1.58. The van der Waals surface area contributed by atoms with E-state index in [1.54, 1.807) is 6.92 Å². The first kappa shape index (κ1) is 10.4. The van der Waals surface area contributed by atoms with Gasteiger partial charge in [0.2, 0.25) is 0 Å². The summed E-state index contributed by atoms with van der Waals surface area (Å²) in [5.41, 5.74) is 0.574. The first-order valence-electron chi connectivity index (χ1n) is 3.71. The van der Waals surface area contributed by atoms with Crippen LogP contribution in [0.1, 0.15) is 11.6 Å². The average Bonchev–Trinajstić information content (AvgIpc) is 2.51. The highest BCUT2D eigenvalue weighted by Gasteiger charge is 2.23. The Bertz CT molecular complexity index is 314. The van der Waals surface area contributed by atoms with E-state index in [1.165, 1.54) is 20.5 Å². The summed E-state index contributed by atoms with van der Waals surface area (Å²) in [4.78, 5) is 3.99. The lowest BCUT2D eigenvalue weighted by Crippen LogP contribution is -1.93. The molecule has 0 saturated heterocycles. The maximum absolute atomic E-state index is 11.6. The van der Waals surface area contributed by atoms with Crippen molar-refractivity contribution in [1.82, 2.24) is 4.98 Å². The molecule has 0 N–H and O–H groups in total. The van der Waals surface area contributed by atoms with Gasteiger partial charge in [-0.1, -0.05) is 0 Å². The number of rotatable bonds is 4. The van der Waals surface area contributed by atoms with Crippen molar-refractivity contribution >= 4 is 7.60 Å². The van der Waals surface area contributed by atoms with Crippen LogP contribution in [-0.2, 0) is 19.8 Å². The fourth-order valence-electron chi connectivity index (χ4n) is 0.883. The Balaban J connectivity index is 2.73. The third kappa shape index (κ3) is 2.66. The van der Waals surface area contributed by atoms with E-state index in [2.05, 4.69) is 4.98 Å². The molecule has 0 atom stereocenters. The third-order valence-electron chi connectivity index (χ3n) is 1.58. The first-order valence-corrected chi connectivity index (χ1v) is 5.44. The van der Waals surface area contributed by atoms with E-state index < -0.39 is 7.60 Å². The van der Waals surface area contributed by atoms with Gasteiger partial charge in [-0.3, -0.25) is 4.57 Å². The number of aromatic nitrogens is 1. The Morgan fingerprint density at radius 1 is 1.54 bits per heavy atom. The quantitative estimate of drug-likeness (QED) is 0.703. The maximum atomic E-state index is 11.6. The lowest BCUT2D eigenvalue weighted by Gasteiger charge is -2.10. The summed E-state index contributed by atoms with van der Waals surface area (Å²) in [5, 5.41) is 0. The molecule has 5 nitrogen and oxygen atoms in total. The van der Waals surface area contributed by atoms with E-state index in [0.29, 0.717) is 11.6 Å². The zero-order chi connectivity index (χ0) is 9.90. The van der Waals surface area contributed by atoms with E-state index in [1.807, 2.05) is 0 Å². The second kappa shape index (κ2) is 4.05. The number of aryl methyl sites for hydroxylation is 1. The minimum Gasteiger partial charge on any atom is -0.449 e. The highest BCUT2D eigenvalue weighted by atomic mass is 31.2. The molecule has 0 bridgehead atoms. The molecule has 0 aliphatic rings. The van der Waals surface area contributed by atoms with Crippen molar-refractivity contribution in [3.05, 3.63) is 17.8 Å². The zero-order valence-electron chi connectivity index (χ0n) is 7.81. The Kier molecular flexibility index (Phi) is 3.25. The number of hydrogen-bond donors (Lipinski definition) is 0. The van der Waals surface area contributed by atoms with Crippen LogP contribution in [0.15, 0.2) is 10.7 Å². The second-order valence-corrected chi connectivity index (χ2v) is 4.76. The molecule has 1 aromatic rings. The molecule has 0 radical (unpaired) electrons. The van der Waals surface area contributed by atoms with Crippen LogP contribution in [0.5, 0.6) is 0 Å². The van der Waals surface area contributed by atoms with E-state index in [4.69, 9.17) is 13.5 Å². The first-order chi connectivity index (χ1) is 6.09. The van der Waals surface area contributed by atoms with Gasteiger partial charge in [0.25, 0.3) is 0 Å². The van der Waals surface area contributed by atoms with Crippen LogP contribution in [0.2, 0.25) is 0 Å². The van der Waals surface area contributed by atoms with Gasteiger partial charge in [-0.15, -0.1) is 0 Å². The molecule has 0 unspecified atom stereocenters. The van der Waals surface area contributed by atoms with Crippen molar-refractivity contribution in [2.45, 2.75) is 13.1 Å². The molecule has 0 spiro atoms. The molecule has 1 heterocycles. The zero-order valence-corrected chi connectivity index (χ0v) is 8.71. The van der Waals surface area contributed by atoms with Gasteiger partial charge in [0, 0.05) is 21.1 Å². The predicted molar refractivity (Wildman–Crippen MR) is 46.6 cm³/mol. The largest absolute Gasteiger partial charge is 0.449 e. The topological polar surface area (TPSA) is 61.6 Å². The van der Waals surface area contributed by atoms with Gasteiger partial charge in [-0.25, -0.2) is 4.98 Å². The minimum absolute atomic E-state index is 0.136. The number of nitrogens with zero attached hydrogens (tertiary/aromatic N) is 1. The Morgan fingerprint density at radius 3 is 2.54 bits per heavy atom. The van der Waals surface area contributed by atoms with Crippen LogP contribution in [0.4, 0.5) is 0 Å². The monoisotopic (exact) mass is 205 g/mol. The van der Waals surface area contributed by atoms with Crippen molar-refractivity contribution in [3.8, 4) is 0 Å². The fraction of sp³-hybridized carbons (Fsp3) is 0.571. The van der Waals surface area contributed by atoms with Crippen LogP contribution in [0.25, 0.3) is 0 Å². The molecular formula is C7H12NO4P. The van der Waals surface area contributed by atoms with Crippen LogP contribution in [0, 0.1) is 6.92 Å². The smallest absolute Gasteiger partial charge is 0.336 e. The standard InChI is InChI=1S/C7H12NO4P/c1-6-8-7(4-12-6)5-13(9,10-2)11-3/h4H,5H2,1-3H3. The van der Waals surface area contributed by atoms with Gasteiger partial charge in [0.1, 0.15) is 6.26 Å². The lowest BCUT2D eigenvalue weighted by molar-refractivity contribution is 0.274. The second-order valence-electron chi connectivity index (χ2n) is 2.49. The molecule has 74 valence electrons. The van der Waals surface area contributed by atoms with Gasteiger partial charge < -0.3 is 13.5 Å². The highest BCUT2D eigenvalue weighted by Crippen LogP contribution is 2.49. The Morgan fingerprint density at radius 2 is 2.15 bits per heavy atom. The van der Waals surface area contributed by atoms with Gasteiger partial charge in [0.05, 0.1) is 11.9 Å². The summed E-state index contributed by atoms with van der Waals surface area (Å²) >= 11 is 0. The molecule has 0 aliphatic carbocycles. The summed E-state index contributed by atoms with van der Waals surface area (Å²) in [5.74, 6) is 0.536. The van der Waals surface area contributed by atoms with Gasteiger partial charge in [0.15, 0.2) is 5.89 Å². The molecule has 1 rings (SSSR count). The van der Waals surface area contributed by atoms with Crippen molar-refractivity contribution in [2.75, 3.05) is 14.2 Å². The maximum Gasteiger partial charge on any atom is 0.336 e. The van der Waals surface area contributed by atoms with Crippen LogP contribution in [0.3, 0.4) is 0 Å². The Labute approximate surface area is 76.6 Å². The summed E-state index contributed by atoms with van der Waals surface area (Å²) < 4.78 is 26.1. The average molecular weight is 205 g/mol. The highest BCUT2D eigenvalue weighted by molar-refractivity contribution is 7.52. The molecular weight excluding hydrogens is 193 g/mol. The predicted octanol–water partition coefficient (Wildman–Crippen LogP) is 1.97. The normalized spacial score (nSPS) is 11.9. The van der Waals surface area contributed by atoms with Crippen molar-refractivity contribution in [3.63, 3.8) is 0 Å². The summed E-state index contributed by atoms with van der Waals surface area (Å²) in [6, 6.07) is 0. The van der Waals surface area contributed by atoms with Crippen LogP contribution in [-0.4, -0.2) is 19.2 Å². The van der Waals surface area contributed by atoms with E-state index in [-0.39, 0.29) is 6.16 Å². The molecule has 0 aromatic carbocycles. The van der Waals surface area contributed by atoms with Crippen molar-refractivity contribution in [1.29, 1.82) is 0 Å². The molecule has 0 fully saturated rings. The van der Waals surface area contributed by atoms with Gasteiger partial charge >= 0.3 is 7.60 Å². The summed E-state index contributed by atoms with van der Waals surface area (Å²) in [7, 11) is -0.323. The minimum atomic E-state index is -3.01. The third-order valence-corrected chi connectivity index (χ3v) is 3.40. The van der Waals surface area contributed by atoms with Gasteiger partial charge in [-0.2, -0.15) is 0 Å². The van der Waals surface area contributed by atoms with Gasteiger partial charge in [-0.05, 0) is 0 Å². The number of oxazole rings is 1. The number of hydrogen-bond acceptors (Lipinski definition) is 5. The molecule has 1 aromatic heterocycles. The van der Waals surface area contributed by atoms with Crippen molar-refractivity contribution < 1.29 is 18.0 Å². The molecule has 6 heteroatoms. The summed E-state index contributed by atoms with van der Waals surface area (Å²) in [6.45, 7) is 1.72. The lowest BCUT2D eigenvalue weighted by atomic mass is 10.6. The van der Waals surface area contributed by atoms with E-state index in [0.717, 1.165) is 0 Å². The Hall–Kier alpha value is -0.640. The fourth-order valence-corrected chi connectivity index (χ4v) is 1.83. The van der Waals surface area contributed by atoms with Crippen LogP contribution < -0.4 is 0 Å². The van der Waals surface area contributed by atoms with E-state index >= 15 is 0 Å². The molecule has 0 aliphatic heterocycles. The van der Waals surface area contributed by atoms with Crippen LogP contribution >= 0.6 is 7.60 Å².